The van der Waals surface area contributed by atoms with Crippen LogP contribution in [0.25, 0.3) is 21.8 Å². The number of aromatic nitrogens is 3. The monoisotopic (exact) mass is 197 g/mol. The van der Waals surface area contributed by atoms with E-state index in [1.165, 1.54) is 12.4 Å². The molecule has 0 saturated heterocycles. The van der Waals surface area contributed by atoms with E-state index in [-0.39, 0.29) is 5.56 Å². The Morgan fingerprint density at radius 3 is 3.00 bits per heavy atom. The Morgan fingerprint density at radius 2 is 2.07 bits per heavy atom. The van der Waals surface area contributed by atoms with Crippen LogP contribution >= 0.6 is 0 Å². The van der Waals surface area contributed by atoms with Crippen molar-refractivity contribution < 1.29 is 0 Å². The predicted octanol–water partition coefficient (Wildman–Crippen LogP) is 1.47. The van der Waals surface area contributed by atoms with Crippen molar-refractivity contribution in [1.29, 1.82) is 0 Å². The van der Waals surface area contributed by atoms with Crippen LogP contribution < -0.4 is 5.56 Å². The van der Waals surface area contributed by atoms with E-state index < -0.39 is 0 Å². The summed E-state index contributed by atoms with van der Waals surface area (Å²) >= 11 is 0. The Kier molecular flexibility index (Phi) is 1.56. The second-order valence-corrected chi connectivity index (χ2v) is 3.34. The van der Waals surface area contributed by atoms with Crippen LogP contribution in [0.15, 0.2) is 41.6 Å². The third kappa shape index (κ3) is 1.27. The molecule has 2 aromatic heterocycles. The highest BCUT2D eigenvalue weighted by Crippen LogP contribution is 2.17. The second-order valence-electron chi connectivity index (χ2n) is 3.34. The predicted molar refractivity (Wildman–Crippen MR) is 57.7 cm³/mol. The summed E-state index contributed by atoms with van der Waals surface area (Å²) in [6.45, 7) is 0. The van der Waals surface area contributed by atoms with Crippen molar-refractivity contribution in [2.45, 2.75) is 0 Å². The highest BCUT2D eigenvalue weighted by Gasteiger charge is 1.98. The third-order valence-electron chi connectivity index (χ3n) is 2.35. The minimum Gasteiger partial charge on any atom is -0.322 e. The van der Waals surface area contributed by atoms with Crippen molar-refractivity contribution >= 4 is 21.8 Å². The van der Waals surface area contributed by atoms with E-state index in [1.54, 1.807) is 12.3 Å². The fourth-order valence-corrected chi connectivity index (χ4v) is 1.63. The first-order valence-corrected chi connectivity index (χ1v) is 4.56. The van der Waals surface area contributed by atoms with E-state index in [9.17, 15) is 4.79 Å². The fraction of sp³-hybridized carbons (Fsp3) is 0. The van der Waals surface area contributed by atoms with Crippen molar-refractivity contribution in [1.82, 2.24) is 15.0 Å². The Hall–Kier alpha value is -2.23. The summed E-state index contributed by atoms with van der Waals surface area (Å²) in [7, 11) is 0. The van der Waals surface area contributed by atoms with Gasteiger partial charge in [0.05, 0.1) is 5.52 Å². The maximum atomic E-state index is 11.1. The van der Waals surface area contributed by atoms with Crippen LogP contribution in [0.1, 0.15) is 0 Å². The summed E-state index contributed by atoms with van der Waals surface area (Å²) in [6, 6.07) is 7.11. The van der Waals surface area contributed by atoms with Gasteiger partial charge < -0.3 is 4.98 Å². The summed E-state index contributed by atoms with van der Waals surface area (Å²) in [6.07, 6.45) is 3.24. The first-order chi connectivity index (χ1) is 7.33. The van der Waals surface area contributed by atoms with Gasteiger partial charge in [-0.15, -0.1) is 0 Å². The molecule has 2 heterocycles. The molecule has 3 rings (SSSR count). The minimum atomic E-state index is -0.0984. The lowest BCUT2D eigenvalue weighted by Gasteiger charge is -1.99. The Morgan fingerprint density at radius 1 is 1.13 bits per heavy atom. The van der Waals surface area contributed by atoms with Crippen LogP contribution in [0.4, 0.5) is 0 Å². The molecule has 0 unspecified atom stereocenters. The normalized spacial score (nSPS) is 10.9. The van der Waals surface area contributed by atoms with Gasteiger partial charge in [-0.25, -0.2) is 9.97 Å². The molecule has 0 aliphatic rings. The zero-order valence-electron chi connectivity index (χ0n) is 7.77. The van der Waals surface area contributed by atoms with Gasteiger partial charge in [0.25, 0.3) is 0 Å². The average Bonchev–Trinajstić information content (AvgIpc) is 2.26. The topological polar surface area (TPSA) is 58.6 Å². The van der Waals surface area contributed by atoms with Gasteiger partial charge in [0, 0.05) is 28.6 Å². The fourth-order valence-electron chi connectivity index (χ4n) is 1.63. The van der Waals surface area contributed by atoms with Crippen LogP contribution in [-0.4, -0.2) is 15.0 Å². The molecule has 0 fully saturated rings. The maximum absolute atomic E-state index is 11.1. The minimum absolute atomic E-state index is 0.0984. The Balaban J connectivity index is 2.53. The van der Waals surface area contributed by atoms with Crippen molar-refractivity contribution in [3.8, 4) is 0 Å². The van der Waals surface area contributed by atoms with Gasteiger partial charge >= 0.3 is 0 Å². The van der Waals surface area contributed by atoms with Gasteiger partial charge in [0.2, 0.25) is 5.56 Å². The number of rotatable bonds is 0. The number of H-pyrrole nitrogens is 1. The van der Waals surface area contributed by atoms with E-state index >= 15 is 0 Å². The van der Waals surface area contributed by atoms with Crippen molar-refractivity contribution in [3.05, 3.63) is 47.1 Å². The highest BCUT2D eigenvalue weighted by molar-refractivity contribution is 5.93. The number of hydrogen-bond donors (Lipinski definition) is 1. The maximum Gasteiger partial charge on any atom is 0.248 e. The number of nitrogens with one attached hydrogen (secondary N) is 1. The molecule has 4 nitrogen and oxygen atoms in total. The molecule has 0 radical (unpaired) electrons. The van der Waals surface area contributed by atoms with Crippen LogP contribution in [0.2, 0.25) is 0 Å². The molecule has 1 aromatic carbocycles. The molecule has 0 saturated carbocycles. The summed E-state index contributed by atoms with van der Waals surface area (Å²) in [5, 5.41) is 1.90. The number of nitrogens with zero attached hydrogens (tertiary/aromatic N) is 2. The second kappa shape index (κ2) is 2.88. The first kappa shape index (κ1) is 8.11. The molecule has 72 valence electrons. The largest absolute Gasteiger partial charge is 0.322 e. The zero-order valence-corrected chi connectivity index (χ0v) is 7.77. The quantitative estimate of drug-likeness (QED) is 0.555. The number of benzene rings is 1. The number of pyridine rings is 1. The molecule has 1 N–H and O–H groups in total. The molecule has 0 amide bonds. The van der Waals surface area contributed by atoms with Gasteiger partial charge in [-0.3, -0.25) is 4.79 Å². The molecule has 4 heteroatoms. The van der Waals surface area contributed by atoms with E-state index in [1.807, 2.05) is 12.1 Å². The van der Waals surface area contributed by atoms with Gasteiger partial charge in [-0.2, -0.15) is 0 Å². The zero-order chi connectivity index (χ0) is 10.3. The molecular weight excluding hydrogens is 190 g/mol. The molecule has 15 heavy (non-hydrogen) atoms. The molecular formula is C11H7N3O. The molecule has 0 spiro atoms. The molecule has 0 atom stereocenters. The van der Waals surface area contributed by atoms with Crippen LogP contribution in [0, 0.1) is 0 Å². The molecule has 3 aromatic rings. The molecule has 0 bridgehead atoms. The lowest BCUT2D eigenvalue weighted by atomic mass is 10.1. The lowest BCUT2D eigenvalue weighted by molar-refractivity contribution is 1.22. The van der Waals surface area contributed by atoms with Gasteiger partial charge in [-0.1, -0.05) is 0 Å². The summed E-state index contributed by atoms with van der Waals surface area (Å²) in [4.78, 5) is 22.0. The molecule has 0 aliphatic carbocycles. The summed E-state index contributed by atoms with van der Waals surface area (Å²) < 4.78 is 0. The Labute approximate surface area is 84.6 Å². The van der Waals surface area contributed by atoms with Gasteiger partial charge in [-0.05, 0) is 18.2 Å². The average molecular weight is 197 g/mol. The summed E-state index contributed by atoms with van der Waals surface area (Å²) in [5.74, 6) is 0. The van der Waals surface area contributed by atoms with Crippen LogP contribution in [-0.2, 0) is 0 Å². The number of fused-ring (bicyclic) bond motifs is 2. The molecule has 0 aliphatic heterocycles. The van der Waals surface area contributed by atoms with E-state index in [0.717, 1.165) is 21.8 Å². The van der Waals surface area contributed by atoms with Gasteiger partial charge in [0.1, 0.15) is 6.33 Å². The van der Waals surface area contributed by atoms with Crippen molar-refractivity contribution in [3.63, 3.8) is 0 Å². The smallest absolute Gasteiger partial charge is 0.248 e. The lowest BCUT2D eigenvalue weighted by Crippen LogP contribution is -2.02. The van der Waals surface area contributed by atoms with E-state index in [4.69, 9.17) is 0 Å². The van der Waals surface area contributed by atoms with E-state index in [0.29, 0.717) is 0 Å². The Bertz CT molecular complexity index is 703. The van der Waals surface area contributed by atoms with Crippen LogP contribution in [0.3, 0.4) is 0 Å². The first-order valence-electron chi connectivity index (χ1n) is 4.56. The number of aromatic amines is 1. The third-order valence-corrected chi connectivity index (χ3v) is 2.35. The van der Waals surface area contributed by atoms with E-state index in [2.05, 4.69) is 15.0 Å². The number of hydrogen-bond acceptors (Lipinski definition) is 3. The highest BCUT2D eigenvalue weighted by atomic mass is 16.1. The van der Waals surface area contributed by atoms with Crippen molar-refractivity contribution in [2.75, 3.05) is 0 Å². The SMILES string of the molecule is O=c1ccc2cc3ncncc3cc2[nH]1. The van der Waals surface area contributed by atoms with Crippen molar-refractivity contribution in [2.24, 2.45) is 0 Å². The van der Waals surface area contributed by atoms with Crippen LogP contribution in [0.5, 0.6) is 0 Å². The van der Waals surface area contributed by atoms with Gasteiger partial charge in [0.15, 0.2) is 0 Å². The summed E-state index contributed by atoms with van der Waals surface area (Å²) in [5.41, 5.74) is 1.59. The standard InChI is InChI=1S/C11H7N3O/c15-11-2-1-7-3-9-8(4-10(7)14-11)5-12-6-13-9/h1-6H,(H,14,15).